The molecule has 0 aromatic carbocycles. The van der Waals surface area contributed by atoms with E-state index in [2.05, 4.69) is 47.7 Å². The van der Waals surface area contributed by atoms with Crippen molar-refractivity contribution in [2.75, 3.05) is 19.6 Å². The number of hydrogen-bond donors (Lipinski definition) is 1. The molecule has 0 amide bonds. The molecule has 2 nitrogen and oxygen atoms in total. The molecule has 0 saturated carbocycles. The highest BCUT2D eigenvalue weighted by atomic mass is 79.9. The zero-order valence-electron chi connectivity index (χ0n) is 10.6. The standard InChI is InChI=1S/C12H20BrClN2S/c1-4-16(8-12(2,3)7-15)6-9-5-10(13)11(14)17-9/h5H,4,6-8,15H2,1-3H3. The predicted molar refractivity (Wildman–Crippen MR) is 80.8 cm³/mol. The molecule has 0 unspecified atom stereocenters. The summed E-state index contributed by atoms with van der Waals surface area (Å²) >= 11 is 11.1. The number of nitrogens with two attached hydrogens (primary N) is 1. The lowest BCUT2D eigenvalue weighted by atomic mass is 9.93. The molecule has 0 aliphatic carbocycles. The molecule has 98 valence electrons. The second-order valence-corrected chi connectivity index (χ2v) is 7.60. The molecule has 5 heteroatoms. The van der Waals surface area contributed by atoms with E-state index >= 15 is 0 Å². The topological polar surface area (TPSA) is 29.3 Å². The summed E-state index contributed by atoms with van der Waals surface area (Å²) in [7, 11) is 0. The van der Waals surface area contributed by atoms with Crippen LogP contribution in [0.15, 0.2) is 10.5 Å². The average Bonchev–Trinajstić information content (AvgIpc) is 2.57. The number of hydrogen-bond acceptors (Lipinski definition) is 3. The first-order valence-electron chi connectivity index (χ1n) is 5.74. The first-order chi connectivity index (χ1) is 7.88. The molecule has 0 radical (unpaired) electrons. The van der Waals surface area contributed by atoms with E-state index in [1.54, 1.807) is 11.3 Å². The van der Waals surface area contributed by atoms with Crippen LogP contribution in [0.25, 0.3) is 0 Å². The number of rotatable bonds is 6. The summed E-state index contributed by atoms with van der Waals surface area (Å²) in [5.74, 6) is 0. The SMILES string of the molecule is CCN(Cc1cc(Br)c(Cl)s1)CC(C)(C)CN. The zero-order valence-corrected chi connectivity index (χ0v) is 13.8. The van der Waals surface area contributed by atoms with Crippen LogP contribution >= 0.6 is 38.9 Å². The molecule has 1 aromatic heterocycles. The summed E-state index contributed by atoms with van der Waals surface area (Å²) in [6.45, 7) is 10.3. The molecule has 0 aliphatic heterocycles. The van der Waals surface area contributed by atoms with Gasteiger partial charge in [-0.3, -0.25) is 4.90 Å². The van der Waals surface area contributed by atoms with Gasteiger partial charge in [-0.1, -0.05) is 32.4 Å². The Morgan fingerprint density at radius 3 is 2.59 bits per heavy atom. The zero-order chi connectivity index (χ0) is 13.1. The third kappa shape index (κ3) is 4.87. The summed E-state index contributed by atoms with van der Waals surface area (Å²) < 4.78 is 1.82. The lowest BCUT2D eigenvalue weighted by Gasteiger charge is -2.30. The van der Waals surface area contributed by atoms with Gasteiger partial charge in [0.1, 0.15) is 4.34 Å². The minimum absolute atomic E-state index is 0.161. The van der Waals surface area contributed by atoms with E-state index in [9.17, 15) is 0 Å². The van der Waals surface area contributed by atoms with E-state index in [-0.39, 0.29) is 5.41 Å². The summed E-state index contributed by atoms with van der Waals surface area (Å²) in [5, 5.41) is 0. The highest BCUT2D eigenvalue weighted by Gasteiger charge is 2.20. The van der Waals surface area contributed by atoms with Gasteiger partial charge in [-0.05, 0) is 40.5 Å². The van der Waals surface area contributed by atoms with Crippen molar-refractivity contribution < 1.29 is 0 Å². The lowest BCUT2D eigenvalue weighted by Crippen LogP contribution is -2.38. The molecule has 0 bridgehead atoms. The molecular formula is C12H20BrClN2S. The van der Waals surface area contributed by atoms with Gasteiger partial charge in [0.2, 0.25) is 0 Å². The smallest absolute Gasteiger partial charge is 0.107 e. The van der Waals surface area contributed by atoms with Gasteiger partial charge < -0.3 is 5.73 Å². The first kappa shape index (κ1) is 15.4. The van der Waals surface area contributed by atoms with Crippen LogP contribution in [0.1, 0.15) is 25.6 Å². The van der Waals surface area contributed by atoms with E-state index in [1.807, 2.05) is 0 Å². The highest BCUT2D eigenvalue weighted by molar-refractivity contribution is 9.10. The van der Waals surface area contributed by atoms with Crippen molar-refractivity contribution in [3.8, 4) is 0 Å². The third-order valence-electron chi connectivity index (χ3n) is 2.73. The van der Waals surface area contributed by atoms with Crippen molar-refractivity contribution in [1.82, 2.24) is 4.90 Å². The van der Waals surface area contributed by atoms with Gasteiger partial charge in [0, 0.05) is 22.4 Å². The molecule has 2 N–H and O–H groups in total. The van der Waals surface area contributed by atoms with Crippen LogP contribution in [0.3, 0.4) is 0 Å². The Balaban J connectivity index is 2.64. The number of halogens is 2. The monoisotopic (exact) mass is 338 g/mol. The maximum absolute atomic E-state index is 6.05. The van der Waals surface area contributed by atoms with E-state index in [0.29, 0.717) is 6.54 Å². The van der Waals surface area contributed by atoms with Gasteiger partial charge in [0.25, 0.3) is 0 Å². The molecule has 0 saturated heterocycles. The average molecular weight is 340 g/mol. The Hall–Kier alpha value is 0.390. The van der Waals surface area contributed by atoms with E-state index in [4.69, 9.17) is 17.3 Å². The normalized spacial score (nSPS) is 12.4. The second-order valence-electron chi connectivity index (χ2n) is 5.01. The Bertz CT molecular complexity index is 346. The minimum Gasteiger partial charge on any atom is -0.330 e. The number of nitrogens with zero attached hydrogens (tertiary/aromatic N) is 1. The van der Waals surface area contributed by atoms with Gasteiger partial charge in [-0.2, -0.15) is 0 Å². The van der Waals surface area contributed by atoms with Crippen molar-refractivity contribution >= 4 is 38.9 Å². The van der Waals surface area contributed by atoms with Crippen molar-refractivity contribution in [3.63, 3.8) is 0 Å². The van der Waals surface area contributed by atoms with Crippen LogP contribution in [0.2, 0.25) is 4.34 Å². The van der Waals surface area contributed by atoms with Gasteiger partial charge in [-0.15, -0.1) is 11.3 Å². The fourth-order valence-corrected chi connectivity index (χ4v) is 3.47. The fourth-order valence-electron chi connectivity index (χ4n) is 1.64. The Kier molecular flexibility index (Phi) is 5.93. The van der Waals surface area contributed by atoms with Gasteiger partial charge in [0.05, 0.1) is 0 Å². The van der Waals surface area contributed by atoms with Crippen molar-refractivity contribution in [2.24, 2.45) is 11.1 Å². The molecule has 0 fully saturated rings. The second kappa shape index (κ2) is 6.53. The minimum atomic E-state index is 0.161. The first-order valence-corrected chi connectivity index (χ1v) is 7.73. The van der Waals surface area contributed by atoms with Crippen LogP contribution in [-0.2, 0) is 6.54 Å². The van der Waals surface area contributed by atoms with Crippen LogP contribution < -0.4 is 5.73 Å². The molecule has 17 heavy (non-hydrogen) atoms. The van der Waals surface area contributed by atoms with E-state index in [1.165, 1.54) is 4.88 Å². The molecule has 0 aliphatic rings. The van der Waals surface area contributed by atoms with Crippen molar-refractivity contribution in [2.45, 2.75) is 27.3 Å². The van der Waals surface area contributed by atoms with Crippen molar-refractivity contribution in [3.05, 3.63) is 19.8 Å². The number of thiophene rings is 1. The largest absolute Gasteiger partial charge is 0.330 e. The van der Waals surface area contributed by atoms with E-state index in [0.717, 1.165) is 28.4 Å². The van der Waals surface area contributed by atoms with Crippen LogP contribution in [0, 0.1) is 5.41 Å². The van der Waals surface area contributed by atoms with Crippen LogP contribution in [0.5, 0.6) is 0 Å². The summed E-state index contributed by atoms with van der Waals surface area (Å²) in [4.78, 5) is 3.69. The third-order valence-corrected chi connectivity index (χ3v) is 5.19. The van der Waals surface area contributed by atoms with Crippen LogP contribution in [-0.4, -0.2) is 24.5 Å². The maximum atomic E-state index is 6.05. The molecule has 1 aromatic rings. The maximum Gasteiger partial charge on any atom is 0.107 e. The van der Waals surface area contributed by atoms with Gasteiger partial charge >= 0.3 is 0 Å². The van der Waals surface area contributed by atoms with Gasteiger partial charge in [0.15, 0.2) is 0 Å². The van der Waals surface area contributed by atoms with Gasteiger partial charge in [-0.25, -0.2) is 0 Å². The summed E-state index contributed by atoms with van der Waals surface area (Å²) in [6.07, 6.45) is 0. The van der Waals surface area contributed by atoms with Crippen molar-refractivity contribution in [1.29, 1.82) is 0 Å². The molecule has 1 rings (SSSR count). The van der Waals surface area contributed by atoms with Crippen LogP contribution in [0.4, 0.5) is 0 Å². The Morgan fingerprint density at radius 1 is 1.53 bits per heavy atom. The molecular weight excluding hydrogens is 320 g/mol. The molecule has 1 heterocycles. The highest BCUT2D eigenvalue weighted by Crippen LogP contribution is 2.32. The van der Waals surface area contributed by atoms with E-state index < -0.39 is 0 Å². The summed E-state index contributed by atoms with van der Waals surface area (Å²) in [6, 6.07) is 2.10. The Morgan fingerprint density at radius 2 is 2.18 bits per heavy atom. The summed E-state index contributed by atoms with van der Waals surface area (Å²) in [5.41, 5.74) is 5.94. The molecule has 0 atom stereocenters. The molecule has 0 spiro atoms. The lowest BCUT2D eigenvalue weighted by molar-refractivity contribution is 0.185. The predicted octanol–water partition coefficient (Wildman–Crippen LogP) is 3.97. The quantitative estimate of drug-likeness (QED) is 0.849. The Labute approximate surface area is 121 Å². The fraction of sp³-hybridized carbons (Fsp3) is 0.667.